The van der Waals surface area contributed by atoms with E-state index in [0.29, 0.717) is 37.7 Å². The lowest BCUT2D eigenvalue weighted by molar-refractivity contribution is -0.139. The molecule has 42 heavy (non-hydrogen) atoms. The van der Waals surface area contributed by atoms with Gasteiger partial charge in [-0.1, -0.05) is 103 Å². The molecule has 2 rings (SSSR count). The van der Waals surface area contributed by atoms with E-state index in [1.807, 2.05) is 6.92 Å². The SMILES string of the molecule is CCCCCCCCCCCC[C@@H](O)[C@H](O)CC[C@H](O)[C@H]1CC[C@H](CCCCCCC[C@@H](O)CC2=C[C@H](C)OC2=O)O1. The summed E-state index contributed by atoms with van der Waals surface area (Å²) in [5.41, 5.74) is 0.600. The van der Waals surface area contributed by atoms with E-state index >= 15 is 0 Å². The molecule has 7 atom stereocenters. The number of rotatable bonds is 26. The Morgan fingerprint density at radius 3 is 1.93 bits per heavy atom. The highest BCUT2D eigenvalue weighted by Crippen LogP contribution is 2.28. The zero-order chi connectivity index (χ0) is 30.6. The molecule has 0 saturated carbocycles. The van der Waals surface area contributed by atoms with Gasteiger partial charge in [-0.25, -0.2) is 4.79 Å². The van der Waals surface area contributed by atoms with Gasteiger partial charge in [-0.2, -0.15) is 0 Å². The van der Waals surface area contributed by atoms with E-state index in [0.717, 1.165) is 64.2 Å². The topological polar surface area (TPSA) is 116 Å². The van der Waals surface area contributed by atoms with Gasteiger partial charge < -0.3 is 29.9 Å². The molecule has 1 saturated heterocycles. The fourth-order valence-corrected chi connectivity index (χ4v) is 6.40. The first-order chi connectivity index (χ1) is 20.3. The lowest BCUT2D eigenvalue weighted by atomic mass is 9.97. The Labute approximate surface area is 256 Å². The molecule has 0 aromatic heterocycles. The van der Waals surface area contributed by atoms with Gasteiger partial charge in [0, 0.05) is 12.0 Å². The quantitative estimate of drug-likeness (QED) is 0.0624. The summed E-state index contributed by atoms with van der Waals surface area (Å²) in [7, 11) is 0. The lowest BCUT2D eigenvalue weighted by Crippen LogP contribution is -2.31. The van der Waals surface area contributed by atoms with Gasteiger partial charge in [-0.15, -0.1) is 0 Å². The molecular weight excluding hydrogens is 532 g/mol. The van der Waals surface area contributed by atoms with Crippen LogP contribution in [-0.2, 0) is 14.3 Å². The standard InChI is InChI=1S/C35H64O7/c1-3-4-5-6-7-8-9-10-14-17-20-31(37)32(38)22-23-33(39)34-24-21-30(42-34)19-16-13-11-12-15-18-29(36)26-28-25-27(2)41-35(28)40/h25,27,29-34,36-39H,3-24,26H2,1-2H3/t27-,29+,30-,31+,32+,33-,34+/m0/s1. The van der Waals surface area contributed by atoms with Crippen molar-refractivity contribution >= 4 is 5.97 Å². The van der Waals surface area contributed by atoms with E-state index in [1.54, 1.807) is 6.08 Å². The van der Waals surface area contributed by atoms with Crippen molar-refractivity contribution < 1.29 is 34.7 Å². The molecule has 4 N–H and O–H groups in total. The first kappa shape index (κ1) is 37.2. The Balaban J connectivity index is 1.42. The molecule has 2 heterocycles. The van der Waals surface area contributed by atoms with Crippen molar-refractivity contribution in [1.82, 2.24) is 0 Å². The van der Waals surface area contributed by atoms with Crippen molar-refractivity contribution in [2.45, 2.75) is 204 Å². The molecule has 0 aromatic carbocycles. The van der Waals surface area contributed by atoms with Gasteiger partial charge in [0.15, 0.2) is 0 Å². The van der Waals surface area contributed by atoms with Crippen LogP contribution in [0.4, 0.5) is 0 Å². The average molecular weight is 597 g/mol. The molecule has 0 spiro atoms. The number of aliphatic hydroxyl groups is 4. The molecule has 0 unspecified atom stereocenters. The van der Waals surface area contributed by atoms with E-state index in [2.05, 4.69) is 6.92 Å². The fraction of sp³-hybridized carbons (Fsp3) is 0.914. The first-order valence-electron chi connectivity index (χ1n) is 17.6. The van der Waals surface area contributed by atoms with E-state index in [1.165, 1.54) is 51.4 Å². The van der Waals surface area contributed by atoms with Crippen LogP contribution in [0.3, 0.4) is 0 Å². The van der Waals surface area contributed by atoms with Crippen LogP contribution in [0.25, 0.3) is 0 Å². The summed E-state index contributed by atoms with van der Waals surface area (Å²) in [4.78, 5) is 11.7. The smallest absolute Gasteiger partial charge is 0.334 e. The minimum absolute atomic E-state index is 0.168. The number of cyclic esters (lactones) is 1. The summed E-state index contributed by atoms with van der Waals surface area (Å²) in [6, 6.07) is 0. The summed E-state index contributed by atoms with van der Waals surface area (Å²) in [6.45, 7) is 4.07. The number of hydrogen-bond acceptors (Lipinski definition) is 7. The number of carbonyl (C=O) groups excluding carboxylic acids is 1. The van der Waals surface area contributed by atoms with Gasteiger partial charge in [0.05, 0.1) is 36.6 Å². The molecule has 7 heteroatoms. The second-order valence-electron chi connectivity index (χ2n) is 13.1. The van der Waals surface area contributed by atoms with Gasteiger partial charge in [-0.3, -0.25) is 0 Å². The van der Waals surface area contributed by atoms with Crippen molar-refractivity contribution in [2.75, 3.05) is 0 Å². The maximum atomic E-state index is 11.7. The van der Waals surface area contributed by atoms with Crippen LogP contribution in [0, 0.1) is 0 Å². The number of carbonyl (C=O) groups is 1. The minimum atomic E-state index is -0.781. The van der Waals surface area contributed by atoms with E-state index in [-0.39, 0.29) is 24.3 Å². The Hall–Kier alpha value is -0.990. The Bertz CT molecular complexity index is 726. The Morgan fingerprint density at radius 1 is 0.738 bits per heavy atom. The zero-order valence-electron chi connectivity index (χ0n) is 26.9. The van der Waals surface area contributed by atoms with Crippen LogP contribution in [0.2, 0.25) is 0 Å². The molecule has 0 bridgehead atoms. The zero-order valence-corrected chi connectivity index (χ0v) is 26.9. The predicted molar refractivity (Wildman–Crippen MR) is 168 cm³/mol. The van der Waals surface area contributed by atoms with Crippen LogP contribution < -0.4 is 0 Å². The molecule has 2 aliphatic heterocycles. The van der Waals surface area contributed by atoms with Crippen molar-refractivity contribution in [1.29, 1.82) is 0 Å². The third-order valence-corrected chi connectivity index (χ3v) is 9.14. The number of unbranched alkanes of at least 4 members (excludes halogenated alkanes) is 13. The highest BCUT2D eigenvalue weighted by Gasteiger charge is 2.31. The number of esters is 1. The summed E-state index contributed by atoms with van der Waals surface area (Å²) < 4.78 is 11.2. The number of ether oxygens (including phenoxy) is 2. The van der Waals surface area contributed by atoms with Crippen molar-refractivity contribution in [2.24, 2.45) is 0 Å². The largest absolute Gasteiger partial charge is 0.455 e. The second kappa shape index (κ2) is 22.5. The average Bonchev–Trinajstić information content (AvgIpc) is 3.57. The predicted octanol–water partition coefficient (Wildman–Crippen LogP) is 7.06. The normalized spacial score (nSPS) is 23.5. The van der Waals surface area contributed by atoms with Gasteiger partial charge in [0.2, 0.25) is 0 Å². The molecule has 0 aliphatic carbocycles. The van der Waals surface area contributed by atoms with E-state index < -0.39 is 24.4 Å². The first-order valence-corrected chi connectivity index (χ1v) is 17.6. The fourth-order valence-electron chi connectivity index (χ4n) is 6.40. The minimum Gasteiger partial charge on any atom is -0.455 e. The van der Waals surface area contributed by atoms with Crippen LogP contribution >= 0.6 is 0 Å². The third-order valence-electron chi connectivity index (χ3n) is 9.14. The van der Waals surface area contributed by atoms with Crippen LogP contribution in [0.15, 0.2) is 11.6 Å². The summed E-state index contributed by atoms with van der Waals surface area (Å²) >= 11 is 0. The number of hydrogen-bond donors (Lipinski definition) is 4. The second-order valence-corrected chi connectivity index (χ2v) is 13.1. The van der Waals surface area contributed by atoms with Gasteiger partial charge >= 0.3 is 5.97 Å². The molecule has 0 amide bonds. The van der Waals surface area contributed by atoms with Crippen LogP contribution in [0.5, 0.6) is 0 Å². The van der Waals surface area contributed by atoms with Crippen LogP contribution in [0.1, 0.15) is 162 Å². The molecular formula is C35H64O7. The summed E-state index contributed by atoms with van der Waals surface area (Å²) in [5.74, 6) is -0.295. The van der Waals surface area contributed by atoms with Crippen molar-refractivity contribution in [3.63, 3.8) is 0 Å². The van der Waals surface area contributed by atoms with Gasteiger partial charge in [-0.05, 0) is 57.9 Å². The van der Waals surface area contributed by atoms with Crippen molar-refractivity contribution in [3.8, 4) is 0 Å². The molecule has 2 aliphatic rings. The monoisotopic (exact) mass is 596 g/mol. The number of aliphatic hydroxyl groups excluding tert-OH is 4. The molecule has 246 valence electrons. The maximum Gasteiger partial charge on any atom is 0.334 e. The highest BCUT2D eigenvalue weighted by molar-refractivity contribution is 5.90. The van der Waals surface area contributed by atoms with Crippen LogP contribution in [-0.4, -0.2) is 69.1 Å². The Kier molecular flexibility index (Phi) is 19.9. The van der Waals surface area contributed by atoms with E-state index in [4.69, 9.17) is 9.47 Å². The van der Waals surface area contributed by atoms with Gasteiger partial charge in [0.25, 0.3) is 0 Å². The Morgan fingerprint density at radius 2 is 1.31 bits per heavy atom. The van der Waals surface area contributed by atoms with E-state index in [9.17, 15) is 25.2 Å². The molecule has 0 radical (unpaired) electrons. The summed E-state index contributed by atoms with van der Waals surface area (Å²) in [5, 5.41) is 41.6. The third kappa shape index (κ3) is 16.2. The maximum absolute atomic E-state index is 11.7. The lowest BCUT2D eigenvalue weighted by Gasteiger charge is -2.22. The van der Waals surface area contributed by atoms with Crippen molar-refractivity contribution in [3.05, 3.63) is 11.6 Å². The molecule has 7 nitrogen and oxygen atoms in total. The molecule has 0 aromatic rings. The molecule has 1 fully saturated rings. The van der Waals surface area contributed by atoms with Gasteiger partial charge in [0.1, 0.15) is 6.10 Å². The highest BCUT2D eigenvalue weighted by atomic mass is 16.5. The summed E-state index contributed by atoms with van der Waals surface area (Å²) in [6.07, 6.45) is 22.4.